The summed E-state index contributed by atoms with van der Waals surface area (Å²) in [5.41, 5.74) is 4.90. The van der Waals surface area contributed by atoms with Crippen LogP contribution < -0.4 is 15.1 Å². The van der Waals surface area contributed by atoms with Crippen molar-refractivity contribution in [2.45, 2.75) is 45.1 Å². The van der Waals surface area contributed by atoms with Gasteiger partial charge in [0, 0.05) is 13.5 Å². The molecule has 0 unspecified atom stereocenters. The Bertz CT molecular complexity index is 879. The number of benzene rings is 2. The summed E-state index contributed by atoms with van der Waals surface area (Å²) < 4.78 is 0. The highest BCUT2D eigenvalue weighted by Crippen LogP contribution is 2.39. The van der Waals surface area contributed by atoms with Crippen molar-refractivity contribution in [1.82, 2.24) is 5.32 Å². The second-order valence-electron chi connectivity index (χ2n) is 7.95. The number of aliphatic hydroxyl groups excluding tert-OH is 2. The highest BCUT2D eigenvalue weighted by molar-refractivity contribution is 5.97. The topological polar surface area (TPSA) is 76.0 Å². The summed E-state index contributed by atoms with van der Waals surface area (Å²) in [6.07, 6.45) is 1.31. The van der Waals surface area contributed by atoms with Crippen LogP contribution in [0.2, 0.25) is 0 Å². The summed E-state index contributed by atoms with van der Waals surface area (Å²) >= 11 is 0. The van der Waals surface area contributed by atoms with Crippen LogP contribution in [0.4, 0.5) is 11.4 Å². The molecule has 0 aliphatic carbocycles. The predicted octanol–water partition coefficient (Wildman–Crippen LogP) is 2.34. The molecule has 0 bridgehead atoms. The zero-order valence-electron chi connectivity index (χ0n) is 16.8. The van der Waals surface area contributed by atoms with E-state index in [-0.39, 0.29) is 12.5 Å². The van der Waals surface area contributed by atoms with Crippen LogP contribution >= 0.6 is 0 Å². The van der Waals surface area contributed by atoms with Crippen molar-refractivity contribution < 1.29 is 15.0 Å². The molecule has 0 spiro atoms. The molecular formula is C23H29N3O3. The molecule has 1 fully saturated rings. The second kappa shape index (κ2) is 8.53. The number of aliphatic hydroxyl groups is 2. The van der Waals surface area contributed by atoms with Crippen LogP contribution in [0.5, 0.6) is 0 Å². The van der Waals surface area contributed by atoms with Crippen LogP contribution in [-0.4, -0.2) is 42.0 Å². The van der Waals surface area contributed by atoms with Gasteiger partial charge in [-0.15, -0.1) is 0 Å². The van der Waals surface area contributed by atoms with Crippen molar-refractivity contribution in [2.24, 2.45) is 0 Å². The highest BCUT2D eigenvalue weighted by Gasteiger charge is 2.33. The van der Waals surface area contributed by atoms with Crippen molar-refractivity contribution in [1.29, 1.82) is 0 Å². The van der Waals surface area contributed by atoms with E-state index in [4.69, 9.17) is 0 Å². The molecule has 1 atom stereocenters. The number of piperidine rings is 1. The molecule has 0 radical (unpaired) electrons. The van der Waals surface area contributed by atoms with Crippen molar-refractivity contribution in [3.63, 3.8) is 0 Å². The monoisotopic (exact) mass is 395 g/mol. The molecule has 1 amide bonds. The van der Waals surface area contributed by atoms with Gasteiger partial charge in [-0.2, -0.15) is 0 Å². The molecule has 29 heavy (non-hydrogen) atoms. The fourth-order valence-corrected chi connectivity index (χ4v) is 4.55. The number of β-amino-alcohol motifs (C(OH)–C–C–N with tert-alkyl or cyclic N) is 1. The summed E-state index contributed by atoms with van der Waals surface area (Å²) in [5, 5.41) is 23.8. The molecule has 2 aliphatic heterocycles. The van der Waals surface area contributed by atoms with Gasteiger partial charge in [-0.3, -0.25) is 9.69 Å². The minimum absolute atomic E-state index is 0.0197. The van der Waals surface area contributed by atoms with Crippen molar-refractivity contribution in [3.8, 4) is 0 Å². The lowest BCUT2D eigenvalue weighted by Gasteiger charge is -2.41. The van der Waals surface area contributed by atoms with Gasteiger partial charge in [0.1, 0.15) is 0 Å². The van der Waals surface area contributed by atoms with Crippen molar-refractivity contribution in [3.05, 3.63) is 59.2 Å². The first-order chi connectivity index (χ1) is 14.1. The Balaban J connectivity index is 1.73. The average Bonchev–Trinajstić information content (AvgIpc) is 2.74. The fraction of sp³-hybridized carbons (Fsp3) is 0.435. The van der Waals surface area contributed by atoms with Crippen LogP contribution in [0, 0.1) is 0 Å². The van der Waals surface area contributed by atoms with Gasteiger partial charge in [0.25, 0.3) is 0 Å². The summed E-state index contributed by atoms with van der Waals surface area (Å²) in [5.74, 6) is 0.342. The molecule has 2 aromatic rings. The van der Waals surface area contributed by atoms with Crippen molar-refractivity contribution >= 4 is 17.3 Å². The number of fused-ring (bicyclic) bond motifs is 1. The Morgan fingerprint density at radius 2 is 1.83 bits per heavy atom. The van der Waals surface area contributed by atoms with E-state index in [9.17, 15) is 15.0 Å². The lowest BCUT2D eigenvalue weighted by Crippen LogP contribution is -2.51. The van der Waals surface area contributed by atoms with E-state index < -0.39 is 6.23 Å². The zero-order chi connectivity index (χ0) is 20.4. The Kier molecular flexibility index (Phi) is 5.85. The first kappa shape index (κ1) is 19.9. The van der Waals surface area contributed by atoms with E-state index >= 15 is 0 Å². The highest BCUT2D eigenvalue weighted by atomic mass is 16.3. The Labute approximate surface area is 171 Å². The number of nitrogens with zero attached hydrogens (tertiary/aromatic N) is 2. The van der Waals surface area contributed by atoms with Gasteiger partial charge in [-0.1, -0.05) is 30.3 Å². The normalized spacial score (nSPS) is 19.9. The number of nitrogens with one attached hydrogen (secondary N) is 1. The van der Waals surface area contributed by atoms with Gasteiger partial charge in [0.2, 0.25) is 5.91 Å². The van der Waals surface area contributed by atoms with E-state index in [0.29, 0.717) is 19.0 Å². The number of anilines is 2. The molecule has 1 saturated heterocycles. The molecule has 2 aliphatic rings. The molecule has 0 aromatic heterocycles. The van der Waals surface area contributed by atoms with Gasteiger partial charge in [0.05, 0.1) is 24.5 Å². The Morgan fingerprint density at radius 1 is 1.10 bits per heavy atom. The van der Waals surface area contributed by atoms with Gasteiger partial charge in [-0.25, -0.2) is 0 Å². The standard InChI is InChI=1S/C23H29N3O3/c1-16(28)26-21-7-6-18(17-8-10-24-11-9-17)12-22(21)25(14-23(26)29)13-19-4-2-3-5-20(19)15-27/h2-7,12,17,23-24,27,29H,8-11,13-15H2,1H3/t23-/m0/s1. The van der Waals surface area contributed by atoms with Gasteiger partial charge in [0.15, 0.2) is 6.23 Å². The maximum absolute atomic E-state index is 12.2. The predicted molar refractivity (Wildman–Crippen MR) is 114 cm³/mol. The average molecular weight is 396 g/mol. The summed E-state index contributed by atoms with van der Waals surface area (Å²) in [7, 11) is 0. The number of carbonyl (C=O) groups excluding carboxylic acids is 1. The van der Waals surface area contributed by atoms with Crippen LogP contribution in [0.25, 0.3) is 0 Å². The van der Waals surface area contributed by atoms with E-state index in [1.54, 1.807) is 0 Å². The third kappa shape index (κ3) is 4.01. The molecule has 0 saturated carbocycles. The van der Waals surface area contributed by atoms with Gasteiger partial charge < -0.3 is 20.4 Å². The molecular weight excluding hydrogens is 366 g/mol. The Hall–Kier alpha value is -2.41. The largest absolute Gasteiger partial charge is 0.392 e. The van der Waals surface area contributed by atoms with Crippen molar-refractivity contribution in [2.75, 3.05) is 29.4 Å². The number of hydrogen-bond donors (Lipinski definition) is 3. The van der Waals surface area contributed by atoms with Crippen LogP contribution in [0.3, 0.4) is 0 Å². The first-order valence-electron chi connectivity index (χ1n) is 10.3. The lowest BCUT2D eigenvalue weighted by atomic mass is 9.89. The maximum atomic E-state index is 12.2. The summed E-state index contributed by atoms with van der Waals surface area (Å²) in [4.78, 5) is 15.8. The van der Waals surface area contributed by atoms with Gasteiger partial charge >= 0.3 is 0 Å². The maximum Gasteiger partial charge on any atom is 0.226 e. The molecule has 6 heteroatoms. The quantitative estimate of drug-likeness (QED) is 0.741. The SMILES string of the molecule is CC(=O)N1c2ccc(C3CCNCC3)cc2N(Cc2ccccc2CO)C[C@@H]1O. The second-order valence-corrected chi connectivity index (χ2v) is 7.95. The number of amides is 1. The molecule has 6 nitrogen and oxygen atoms in total. The third-order valence-electron chi connectivity index (χ3n) is 6.08. The minimum Gasteiger partial charge on any atom is -0.392 e. The first-order valence-corrected chi connectivity index (χ1v) is 10.3. The molecule has 2 heterocycles. The van der Waals surface area contributed by atoms with Crippen LogP contribution in [0.1, 0.15) is 42.4 Å². The number of hydrogen-bond acceptors (Lipinski definition) is 5. The molecule has 4 rings (SSSR count). The van der Waals surface area contributed by atoms with Crippen LogP contribution in [0.15, 0.2) is 42.5 Å². The van der Waals surface area contributed by atoms with E-state index in [1.165, 1.54) is 17.4 Å². The van der Waals surface area contributed by atoms with Gasteiger partial charge in [-0.05, 0) is 60.7 Å². The molecule has 154 valence electrons. The minimum atomic E-state index is -0.897. The summed E-state index contributed by atoms with van der Waals surface area (Å²) in [6.45, 7) is 4.42. The van der Waals surface area contributed by atoms with E-state index in [2.05, 4.69) is 22.3 Å². The third-order valence-corrected chi connectivity index (χ3v) is 6.08. The van der Waals surface area contributed by atoms with E-state index in [1.807, 2.05) is 30.3 Å². The smallest absolute Gasteiger partial charge is 0.226 e. The van der Waals surface area contributed by atoms with E-state index in [0.717, 1.165) is 48.4 Å². The van der Waals surface area contributed by atoms with Crippen LogP contribution in [-0.2, 0) is 17.9 Å². The Morgan fingerprint density at radius 3 is 2.52 bits per heavy atom. The number of carbonyl (C=O) groups is 1. The summed E-state index contributed by atoms with van der Waals surface area (Å²) in [6, 6.07) is 14.1. The molecule has 3 N–H and O–H groups in total. The number of rotatable bonds is 4. The lowest BCUT2D eigenvalue weighted by molar-refractivity contribution is -0.118. The fourth-order valence-electron chi connectivity index (χ4n) is 4.55. The molecule has 2 aromatic carbocycles. The zero-order valence-corrected chi connectivity index (χ0v) is 16.8.